The van der Waals surface area contributed by atoms with E-state index in [1.165, 1.54) is 6.07 Å². The lowest BCUT2D eigenvalue weighted by atomic mass is 9.93. The van der Waals surface area contributed by atoms with Crippen molar-refractivity contribution in [2.75, 3.05) is 11.9 Å². The monoisotopic (exact) mass is 341 g/mol. The molecular weight excluding hydrogens is 320 g/mol. The van der Waals surface area contributed by atoms with E-state index in [0.717, 1.165) is 18.6 Å². The van der Waals surface area contributed by atoms with E-state index in [0.29, 0.717) is 11.7 Å². The molecule has 1 atom stereocenters. The van der Waals surface area contributed by atoms with Gasteiger partial charge in [0, 0.05) is 36.3 Å². The maximum atomic E-state index is 13.1. The molecule has 0 bridgehead atoms. The minimum absolute atomic E-state index is 0.0547. The Morgan fingerprint density at radius 3 is 2.74 bits per heavy atom. The molecule has 0 spiro atoms. The quantitative estimate of drug-likeness (QED) is 0.826. The van der Waals surface area contributed by atoms with Gasteiger partial charge in [0.05, 0.1) is 0 Å². The molecule has 0 aliphatic carbocycles. The Morgan fingerprint density at radius 2 is 2.13 bits per heavy atom. The Bertz CT molecular complexity index is 621. The van der Waals surface area contributed by atoms with Crippen LogP contribution in [0.2, 0.25) is 0 Å². The predicted octanol–water partition coefficient (Wildman–Crippen LogP) is 3.04. The lowest BCUT2D eigenvalue weighted by Gasteiger charge is -2.44. The van der Waals surface area contributed by atoms with Crippen LogP contribution in [0.5, 0.6) is 0 Å². The first kappa shape index (κ1) is 17.6. The molecule has 0 radical (unpaired) electrons. The second-order valence-corrected chi connectivity index (χ2v) is 6.87. The van der Waals surface area contributed by atoms with E-state index in [1.54, 1.807) is 0 Å². The summed E-state index contributed by atoms with van der Waals surface area (Å²) in [6, 6.07) is 3.51. The van der Waals surface area contributed by atoms with E-state index in [2.05, 4.69) is 31.4 Å². The molecule has 1 heterocycles. The summed E-state index contributed by atoms with van der Waals surface area (Å²) in [7, 11) is 0. The van der Waals surface area contributed by atoms with Crippen molar-refractivity contribution in [3.8, 4) is 0 Å². The fraction of sp³-hybridized carbons (Fsp3) is 0.500. The van der Waals surface area contributed by atoms with E-state index in [-0.39, 0.29) is 29.6 Å². The van der Waals surface area contributed by atoms with E-state index < -0.39 is 11.6 Å². The predicted molar refractivity (Wildman–Crippen MR) is 90.2 cm³/mol. The molecule has 1 aromatic carbocycles. The number of hydrogen-bond donors (Lipinski definition) is 2. The minimum Gasteiger partial charge on any atom is -0.358 e. The van der Waals surface area contributed by atoms with Crippen LogP contribution in [0, 0.1) is 11.6 Å². The molecule has 1 aromatic rings. The molecule has 2 rings (SSSR count). The Hall–Kier alpha value is -1.76. The van der Waals surface area contributed by atoms with Gasteiger partial charge in [0.15, 0.2) is 16.7 Å². The first-order valence-electron chi connectivity index (χ1n) is 7.51. The smallest absolute Gasteiger partial charge is 0.226 e. The molecule has 1 fully saturated rings. The van der Waals surface area contributed by atoms with E-state index in [9.17, 15) is 13.6 Å². The number of carbonyl (C=O) groups is 1. The number of hydrogen-bond acceptors (Lipinski definition) is 2. The van der Waals surface area contributed by atoms with Crippen LogP contribution in [0.1, 0.15) is 33.6 Å². The van der Waals surface area contributed by atoms with Crippen LogP contribution in [0.15, 0.2) is 18.2 Å². The Morgan fingerprint density at radius 1 is 1.43 bits per heavy atom. The molecule has 1 amide bonds. The SMILES string of the molecule is C[C@@H]1CC(C)(C)NC(=S)N1CCC(=O)Nc1ccc(F)c(F)c1. The van der Waals surface area contributed by atoms with Crippen LogP contribution in [0.3, 0.4) is 0 Å². The van der Waals surface area contributed by atoms with Crippen LogP contribution in [0.25, 0.3) is 0 Å². The van der Waals surface area contributed by atoms with E-state index in [4.69, 9.17) is 12.2 Å². The molecule has 4 nitrogen and oxygen atoms in total. The molecule has 23 heavy (non-hydrogen) atoms. The summed E-state index contributed by atoms with van der Waals surface area (Å²) in [4.78, 5) is 14.0. The van der Waals surface area contributed by atoms with E-state index >= 15 is 0 Å². The zero-order chi connectivity index (χ0) is 17.2. The van der Waals surface area contributed by atoms with Crippen molar-refractivity contribution in [1.29, 1.82) is 0 Å². The summed E-state index contributed by atoms with van der Waals surface area (Å²) in [6.07, 6.45) is 1.13. The van der Waals surface area contributed by atoms with Crippen LogP contribution >= 0.6 is 12.2 Å². The third-order valence-electron chi connectivity index (χ3n) is 3.83. The molecule has 0 unspecified atom stereocenters. The van der Waals surface area contributed by atoms with Gasteiger partial charge in [-0.05, 0) is 51.5 Å². The van der Waals surface area contributed by atoms with Gasteiger partial charge in [-0.15, -0.1) is 0 Å². The topological polar surface area (TPSA) is 44.4 Å². The van der Waals surface area contributed by atoms with Gasteiger partial charge in [-0.2, -0.15) is 0 Å². The zero-order valence-corrected chi connectivity index (χ0v) is 14.3. The van der Waals surface area contributed by atoms with Crippen LogP contribution < -0.4 is 10.6 Å². The lowest BCUT2D eigenvalue weighted by molar-refractivity contribution is -0.116. The second-order valence-electron chi connectivity index (χ2n) is 6.49. The summed E-state index contributed by atoms with van der Waals surface area (Å²) in [5.41, 5.74) is 0.184. The lowest BCUT2D eigenvalue weighted by Crippen LogP contribution is -2.60. The van der Waals surface area contributed by atoms with Crippen molar-refractivity contribution in [1.82, 2.24) is 10.2 Å². The molecular formula is C16H21F2N3OS. The van der Waals surface area contributed by atoms with Crippen molar-refractivity contribution >= 4 is 28.9 Å². The highest BCUT2D eigenvalue weighted by molar-refractivity contribution is 7.80. The highest BCUT2D eigenvalue weighted by Gasteiger charge is 2.32. The van der Waals surface area contributed by atoms with Crippen molar-refractivity contribution in [3.63, 3.8) is 0 Å². The summed E-state index contributed by atoms with van der Waals surface area (Å²) in [6.45, 7) is 6.71. The van der Waals surface area contributed by atoms with Gasteiger partial charge >= 0.3 is 0 Å². The average Bonchev–Trinajstić information content (AvgIpc) is 2.40. The highest BCUT2D eigenvalue weighted by atomic mass is 32.1. The van der Waals surface area contributed by atoms with Gasteiger partial charge in [-0.25, -0.2) is 8.78 Å². The summed E-state index contributed by atoms with van der Waals surface area (Å²) in [5, 5.41) is 6.45. The normalized spacial score (nSPS) is 20.1. The summed E-state index contributed by atoms with van der Waals surface area (Å²) >= 11 is 5.36. The Balaban J connectivity index is 1.89. The van der Waals surface area contributed by atoms with Gasteiger partial charge in [0.25, 0.3) is 0 Å². The van der Waals surface area contributed by atoms with Crippen molar-refractivity contribution < 1.29 is 13.6 Å². The van der Waals surface area contributed by atoms with Crippen LogP contribution in [-0.4, -0.2) is 34.0 Å². The molecule has 1 aliphatic rings. The summed E-state index contributed by atoms with van der Waals surface area (Å²) < 4.78 is 26.0. The number of thiocarbonyl (C=S) groups is 1. The fourth-order valence-electron chi connectivity index (χ4n) is 2.80. The van der Waals surface area contributed by atoms with Gasteiger partial charge in [-0.3, -0.25) is 4.79 Å². The number of nitrogens with zero attached hydrogens (tertiary/aromatic N) is 1. The number of carbonyl (C=O) groups excluding carboxylic acids is 1. The molecule has 0 aromatic heterocycles. The Labute approximate surface area is 140 Å². The minimum atomic E-state index is -0.986. The van der Waals surface area contributed by atoms with Crippen LogP contribution in [0.4, 0.5) is 14.5 Å². The maximum Gasteiger partial charge on any atom is 0.226 e. The average molecular weight is 341 g/mol. The fourth-order valence-corrected chi connectivity index (χ4v) is 3.35. The standard InChI is InChI=1S/C16H21F2N3OS/c1-10-9-16(2,3)20-15(23)21(10)7-6-14(22)19-11-4-5-12(17)13(18)8-11/h4-5,8,10H,6-7,9H2,1-3H3,(H,19,22)(H,20,23)/t10-/m1/s1. The number of rotatable bonds is 4. The van der Waals surface area contributed by atoms with Crippen molar-refractivity contribution in [2.45, 2.75) is 45.2 Å². The van der Waals surface area contributed by atoms with Crippen LogP contribution in [-0.2, 0) is 4.79 Å². The highest BCUT2D eigenvalue weighted by Crippen LogP contribution is 2.22. The molecule has 1 saturated heterocycles. The number of halogens is 2. The number of amides is 1. The van der Waals surface area contributed by atoms with E-state index in [1.807, 2.05) is 4.90 Å². The zero-order valence-electron chi connectivity index (χ0n) is 13.5. The van der Waals surface area contributed by atoms with Crippen molar-refractivity contribution in [2.24, 2.45) is 0 Å². The first-order valence-corrected chi connectivity index (χ1v) is 7.92. The third kappa shape index (κ3) is 4.60. The molecule has 7 heteroatoms. The van der Waals surface area contributed by atoms with Gasteiger partial charge in [0.1, 0.15) is 0 Å². The molecule has 1 aliphatic heterocycles. The second kappa shape index (κ2) is 6.78. The third-order valence-corrected chi connectivity index (χ3v) is 4.16. The largest absolute Gasteiger partial charge is 0.358 e. The maximum absolute atomic E-state index is 13.1. The van der Waals surface area contributed by atoms with Crippen molar-refractivity contribution in [3.05, 3.63) is 29.8 Å². The number of nitrogens with one attached hydrogen (secondary N) is 2. The molecule has 0 saturated carbocycles. The van der Waals surface area contributed by atoms with Gasteiger partial charge < -0.3 is 15.5 Å². The number of benzene rings is 1. The number of anilines is 1. The molecule has 2 N–H and O–H groups in total. The molecule has 126 valence electrons. The first-order chi connectivity index (χ1) is 10.7. The van der Waals surface area contributed by atoms with Gasteiger partial charge in [0.2, 0.25) is 5.91 Å². The van der Waals surface area contributed by atoms with Gasteiger partial charge in [-0.1, -0.05) is 0 Å². The Kier molecular flexibility index (Phi) is 5.19. The summed E-state index contributed by atoms with van der Waals surface area (Å²) in [5.74, 6) is -2.19.